The first kappa shape index (κ1) is 24.3. The van der Waals surface area contributed by atoms with Crippen LogP contribution in [0.15, 0.2) is 29.7 Å². The zero-order valence-electron chi connectivity index (χ0n) is 19.6. The van der Waals surface area contributed by atoms with Crippen molar-refractivity contribution in [2.75, 3.05) is 6.54 Å². The SMILES string of the molecule is CC(C)(C)OC(=O)NCC(=Cc1cccc2sc(C(=O)O)cc12)B1OC(C)(C)C(C)(C)O1. The molecule has 3 rings (SSSR count). The van der Waals surface area contributed by atoms with Gasteiger partial charge in [0.25, 0.3) is 0 Å². The normalized spacial score (nSPS) is 18.1. The summed E-state index contributed by atoms with van der Waals surface area (Å²) < 4.78 is 18.7. The highest BCUT2D eigenvalue weighted by atomic mass is 32.1. The van der Waals surface area contributed by atoms with E-state index in [1.807, 2.05) is 52.0 Å². The van der Waals surface area contributed by atoms with Crippen LogP contribution >= 0.6 is 11.3 Å². The number of benzene rings is 1. The van der Waals surface area contributed by atoms with Crippen LogP contribution in [0.5, 0.6) is 0 Å². The van der Waals surface area contributed by atoms with E-state index in [0.717, 1.165) is 15.6 Å². The summed E-state index contributed by atoms with van der Waals surface area (Å²) in [6.07, 6.45) is 1.35. The number of nitrogens with one attached hydrogen (secondary N) is 1. The van der Waals surface area contributed by atoms with Crippen molar-refractivity contribution in [3.8, 4) is 0 Å². The van der Waals surface area contributed by atoms with Gasteiger partial charge in [0.2, 0.25) is 0 Å². The Morgan fingerprint density at radius 1 is 1.19 bits per heavy atom. The van der Waals surface area contributed by atoms with E-state index in [2.05, 4.69) is 5.32 Å². The summed E-state index contributed by atoms with van der Waals surface area (Å²) in [7, 11) is -0.678. The van der Waals surface area contributed by atoms with Gasteiger partial charge >= 0.3 is 19.2 Å². The molecule has 0 unspecified atom stereocenters. The number of hydrogen-bond acceptors (Lipinski definition) is 6. The van der Waals surface area contributed by atoms with Crippen molar-refractivity contribution in [1.82, 2.24) is 5.32 Å². The molecule has 172 valence electrons. The van der Waals surface area contributed by atoms with Gasteiger partial charge in [0.15, 0.2) is 0 Å². The summed E-state index contributed by atoms with van der Waals surface area (Å²) in [6, 6.07) is 7.33. The van der Waals surface area contributed by atoms with Gasteiger partial charge in [-0.2, -0.15) is 0 Å². The van der Waals surface area contributed by atoms with Gasteiger partial charge < -0.3 is 24.5 Å². The summed E-state index contributed by atoms with van der Waals surface area (Å²) in [6.45, 7) is 13.4. The van der Waals surface area contributed by atoms with Crippen LogP contribution in [0.1, 0.15) is 63.7 Å². The Balaban J connectivity index is 1.97. The number of aromatic carboxylic acids is 1. The van der Waals surface area contributed by atoms with Gasteiger partial charge in [0.1, 0.15) is 10.5 Å². The predicted molar refractivity (Wildman–Crippen MR) is 127 cm³/mol. The lowest BCUT2D eigenvalue weighted by atomic mass is 9.76. The molecule has 7 nitrogen and oxygen atoms in total. The summed E-state index contributed by atoms with van der Waals surface area (Å²) in [5.74, 6) is -0.959. The van der Waals surface area contributed by atoms with Gasteiger partial charge in [-0.15, -0.1) is 11.3 Å². The fourth-order valence-corrected chi connectivity index (χ4v) is 4.13. The second-order valence-corrected chi connectivity index (χ2v) is 10.9. The minimum atomic E-state index is -0.959. The minimum Gasteiger partial charge on any atom is -0.477 e. The highest BCUT2D eigenvalue weighted by Crippen LogP contribution is 2.39. The van der Waals surface area contributed by atoms with Crippen molar-refractivity contribution >= 4 is 46.7 Å². The molecular formula is C23H30BNO6S. The Morgan fingerprint density at radius 2 is 1.81 bits per heavy atom. The van der Waals surface area contributed by atoms with E-state index < -0.39 is 36.0 Å². The molecular weight excluding hydrogens is 429 g/mol. The van der Waals surface area contributed by atoms with E-state index in [0.29, 0.717) is 5.47 Å². The van der Waals surface area contributed by atoms with E-state index in [1.165, 1.54) is 11.3 Å². The molecule has 1 aliphatic rings. The van der Waals surface area contributed by atoms with E-state index in [-0.39, 0.29) is 11.4 Å². The number of thiophene rings is 1. The molecule has 2 N–H and O–H groups in total. The third-order valence-corrected chi connectivity index (χ3v) is 6.63. The molecule has 2 aromatic rings. The third-order valence-electron chi connectivity index (χ3n) is 5.54. The van der Waals surface area contributed by atoms with Crippen molar-refractivity contribution in [3.63, 3.8) is 0 Å². The van der Waals surface area contributed by atoms with E-state index in [9.17, 15) is 14.7 Å². The predicted octanol–water partition coefficient (Wildman–Crippen LogP) is 5.14. The molecule has 1 fully saturated rings. The van der Waals surface area contributed by atoms with Crippen LogP contribution in [-0.4, -0.2) is 47.6 Å². The Kier molecular flexibility index (Phi) is 6.48. The summed E-state index contributed by atoms with van der Waals surface area (Å²) in [5.41, 5.74) is -0.193. The monoisotopic (exact) mass is 459 g/mol. The lowest BCUT2D eigenvalue weighted by Gasteiger charge is -2.32. The Morgan fingerprint density at radius 3 is 2.38 bits per heavy atom. The van der Waals surface area contributed by atoms with Gasteiger partial charge in [-0.1, -0.05) is 18.2 Å². The summed E-state index contributed by atoms with van der Waals surface area (Å²) >= 11 is 1.22. The lowest BCUT2D eigenvalue weighted by molar-refractivity contribution is 0.00578. The highest BCUT2D eigenvalue weighted by molar-refractivity contribution is 7.20. The molecule has 0 aliphatic carbocycles. The molecule has 32 heavy (non-hydrogen) atoms. The van der Waals surface area contributed by atoms with Crippen LogP contribution in [0.4, 0.5) is 4.79 Å². The maximum atomic E-state index is 12.3. The topological polar surface area (TPSA) is 94.1 Å². The van der Waals surface area contributed by atoms with Gasteiger partial charge in [-0.25, -0.2) is 9.59 Å². The highest BCUT2D eigenvalue weighted by Gasteiger charge is 2.52. The average molecular weight is 459 g/mol. The Labute approximate surface area is 192 Å². The van der Waals surface area contributed by atoms with Crippen molar-refractivity contribution in [2.24, 2.45) is 0 Å². The van der Waals surface area contributed by atoms with Crippen LogP contribution in [0.3, 0.4) is 0 Å². The number of ether oxygens (including phenoxy) is 1. The fourth-order valence-electron chi connectivity index (χ4n) is 3.20. The van der Waals surface area contributed by atoms with Crippen molar-refractivity contribution in [1.29, 1.82) is 0 Å². The smallest absolute Gasteiger partial charge is 0.477 e. The van der Waals surface area contributed by atoms with Crippen molar-refractivity contribution < 1.29 is 28.7 Å². The molecule has 1 aromatic heterocycles. The number of amides is 1. The molecule has 2 heterocycles. The van der Waals surface area contributed by atoms with Gasteiger partial charge in [0, 0.05) is 16.6 Å². The number of fused-ring (bicyclic) bond motifs is 1. The fraction of sp³-hybridized carbons (Fsp3) is 0.478. The first-order chi connectivity index (χ1) is 14.7. The van der Waals surface area contributed by atoms with Crippen molar-refractivity contribution in [2.45, 2.75) is 65.3 Å². The molecule has 0 saturated carbocycles. The summed E-state index contributed by atoms with van der Waals surface area (Å²) in [5, 5.41) is 13.0. The quantitative estimate of drug-likeness (QED) is 0.602. The number of carboxylic acid groups (broad SMARTS) is 1. The molecule has 0 spiro atoms. The number of hydrogen-bond donors (Lipinski definition) is 2. The molecule has 0 bridgehead atoms. The number of rotatable bonds is 5. The maximum absolute atomic E-state index is 12.3. The maximum Gasteiger partial charge on any atom is 0.492 e. The number of alkyl carbamates (subject to hydrolysis) is 1. The standard InChI is InChI=1S/C23H30BNO6S/c1-21(2,3)29-20(28)25-13-15(24-30-22(4,5)23(6,7)31-24)11-14-9-8-10-17-16(14)12-18(32-17)19(26)27/h8-12H,13H2,1-7H3,(H,25,28)(H,26,27). The van der Waals surface area contributed by atoms with Gasteiger partial charge in [-0.05, 0) is 71.6 Å². The van der Waals surface area contributed by atoms with E-state index >= 15 is 0 Å². The van der Waals surface area contributed by atoms with Crippen LogP contribution in [0, 0.1) is 0 Å². The number of carboxylic acids is 1. The van der Waals surface area contributed by atoms with E-state index in [1.54, 1.807) is 26.8 Å². The van der Waals surface area contributed by atoms with Crippen LogP contribution < -0.4 is 5.32 Å². The van der Waals surface area contributed by atoms with E-state index in [4.69, 9.17) is 14.0 Å². The lowest BCUT2D eigenvalue weighted by Crippen LogP contribution is -2.41. The Bertz CT molecular complexity index is 1050. The van der Waals surface area contributed by atoms with Gasteiger partial charge in [-0.3, -0.25) is 0 Å². The molecule has 9 heteroatoms. The number of carbonyl (C=O) groups is 2. The van der Waals surface area contributed by atoms with Crippen molar-refractivity contribution in [3.05, 3.63) is 40.2 Å². The molecule has 1 aliphatic heterocycles. The molecule has 1 aromatic carbocycles. The molecule has 1 amide bonds. The first-order valence-corrected chi connectivity index (χ1v) is 11.3. The zero-order valence-corrected chi connectivity index (χ0v) is 20.4. The third kappa shape index (κ3) is 5.34. The van der Waals surface area contributed by atoms with Crippen LogP contribution in [0.25, 0.3) is 16.2 Å². The largest absolute Gasteiger partial charge is 0.492 e. The molecule has 0 atom stereocenters. The second-order valence-electron chi connectivity index (χ2n) is 9.84. The minimum absolute atomic E-state index is 0.151. The summed E-state index contributed by atoms with van der Waals surface area (Å²) in [4.78, 5) is 24.0. The number of carbonyl (C=O) groups excluding carboxylic acids is 1. The second kappa shape index (κ2) is 8.54. The molecule has 1 saturated heterocycles. The Hall–Kier alpha value is -2.36. The van der Waals surface area contributed by atoms with Gasteiger partial charge in [0.05, 0.1) is 11.2 Å². The van der Waals surface area contributed by atoms with Crippen LogP contribution in [-0.2, 0) is 14.0 Å². The first-order valence-electron chi connectivity index (χ1n) is 10.5. The molecule has 0 radical (unpaired) electrons. The zero-order chi connectivity index (χ0) is 23.9. The van der Waals surface area contributed by atoms with Crippen LogP contribution in [0.2, 0.25) is 0 Å². The average Bonchev–Trinajstić information content (AvgIpc) is 3.16.